The zero-order chi connectivity index (χ0) is 12.1. The molecule has 0 amide bonds. The maximum atomic E-state index is 10.9. The Kier molecular flexibility index (Phi) is 3.94. The second-order valence-corrected chi connectivity index (χ2v) is 3.19. The van der Waals surface area contributed by atoms with E-state index in [0.29, 0.717) is 11.3 Å². The molecule has 1 aromatic carbocycles. The van der Waals surface area contributed by atoms with Gasteiger partial charge in [-0.05, 0) is 24.6 Å². The van der Waals surface area contributed by atoms with Crippen LogP contribution in [0, 0.1) is 6.92 Å². The minimum absolute atomic E-state index is 0.0783. The monoisotopic (exact) mass is 222 g/mol. The molecule has 0 saturated carbocycles. The van der Waals surface area contributed by atoms with Gasteiger partial charge in [-0.15, -0.1) is 0 Å². The van der Waals surface area contributed by atoms with Gasteiger partial charge in [0.05, 0.1) is 14.2 Å². The molecular formula is C12H14O4. The molecule has 0 aliphatic carbocycles. The molecule has 16 heavy (non-hydrogen) atoms. The lowest BCUT2D eigenvalue weighted by atomic mass is 10.1. The topological polar surface area (TPSA) is 55.8 Å². The van der Waals surface area contributed by atoms with Crippen LogP contribution in [0.3, 0.4) is 0 Å². The molecular weight excluding hydrogens is 208 g/mol. The predicted molar refractivity (Wildman–Crippen MR) is 60.4 cm³/mol. The smallest absolute Gasteiger partial charge is 0.330 e. The Morgan fingerprint density at radius 1 is 1.38 bits per heavy atom. The van der Waals surface area contributed by atoms with E-state index >= 15 is 0 Å². The lowest BCUT2D eigenvalue weighted by molar-refractivity contribution is -0.134. The number of hydrogen-bond acceptors (Lipinski definition) is 4. The summed E-state index contributed by atoms with van der Waals surface area (Å²) in [5.74, 6) is 0.0527. The van der Waals surface area contributed by atoms with E-state index in [1.807, 2.05) is 0 Å². The van der Waals surface area contributed by atoms with Crippen LogP contribution in [0.4, 0.5) is 0 Å². The lowest BCUT2D eigenvalue weighted by Crippen LogP contribution is -1.94. The van der Waals surface area contributed by atoms with Crippen molar-refractivity contribution in [2.45, 2.75) is 6.92 Å². The SMILES string of the molecule is COC(=O)C=Cc1ccc(OC)c(O)c1C. The number of phenols is 1. The first-order valence-corrected chi connectivity index (χ1v) is 4.72. The van der Waals surface area contributed by atoms with Gasteiger partial charge in [-0.25, -0.2) is 4.79 Å². The fourth-order valence-electron chi connectivity index (χ4n) is 1.26. The predicted octanol–water partition coefficient (Wildman–Crippen LogP) is 1.90. The number of rotatable bonds is 3. The number of carbonyl (C=O) groups is 1. The molecule has 0 aliphatic heterocycles. The van der Waals surface area contributed by atoms with Crippen molar-refractivity contribution in [2.75, 3.05) is 14.2 Å². The number of hydrogen-bond donors (Lipinski definition) is 1. The summed E-state index contributed by atoms with van der Waals surface area (Å²) < 4.78 is 9.44. The number of aromatic hydroxyl groups is 1. The van der Waals surface area contributed by atoms with E-state index in [0.717, 1.165) is 5.56 Å². The summed E-state index contributed by atoms with van der Waals surface area (Å²) in [6.07, 6.45) is 2.88. The van der Waals surface area contributed by atoms with Gasteiger partial charge in [0.1, 0.15) is 0 Å². The summed E-state index contributed by atoms with van der Waals surface area (Å²) in [7, 11) is 2.80. The average Bonchev–Trinajstić information content (AvgIpc) is 2.30. The molecule has 0 saturated heterocycles. The van der Waals surface area contributed by atoms with Crippen molar-refractivity contribution in [3.05, 3.63) is 29.3 Å². The summed E-state index contributed by atoms with van der Waals surface area (Å²) in [5, 5.41) is 9.73. The second-order valence-electron chi connectivity index (χ2n) is 3.19. The Bertz CT molecular complexity index is 421. The normalized spacial score (nSPS) is 10.4. The van der Waals surface area contributed by atoms with E-state index in [1.54, 1.807) is 25.1 Å². The molecule has 1 N–H and O–H groups in total. The first-order valence-electron chi connectivity index (χ1n) is 4.72. The van der Waals surface area contributed by atoms with Crippen molar-refractivity contribution in [3.63, 3.8) is 0 Å². The van der Waals surface area contributed by atoms with Crippen molar-refractivity contribution in [1.29, 1.82) is 0 Å². The van der Waals surface area contributed by atoms with Gasteiger partial charge in [-0.1, -0.05) is 6.07 Å². The van der Waals surface area contributed by atoms with Crippen LogP contribution in [-0.2, 0) is 9.53 Å². The van der Waals surface area contributed by atoms with E-state index in [9.17, 15) is 9.90 Å². The number of carbonyl (C=O) groups excluding carboxylic acids is 1. The maximum Gasteiger partial charge on any atom is 0.330 e. The molecule has 0 bridgehead atoms. The summed E-state index contributed by atoms with van der Waals surface area (Å²) in [6, 6.07) is 3.40. The summed E-state index contributed by atoms with van der Waals surface area (Å²) in [6.45, 7) is 1.74. The van der Waals surface area contributed by atoms with Gasteiger partial charge in [0, 0.05) is 11.6 Å². The highest BCUT2D eigenvalue weighted by Crippen LogP contribution is 2.31. The van der Waals surface area contributed by atoms with E-state index < -0.39 is 5.97 Å². The molecule has 0 aliphatic rings. The van der Waals surface area contributed by atoms with Crippen LogP contribution in [0.2, 0.25) is 0 Å². The Labute approximate surface area is 94.1 Å². The van der Waals surface area contributed by atoms with Crippen molar-refractivity contribution in [1.82, 2.24) is 0 Å². The molecule has 4 heteroatoms. The Morgan fingerprint density at radius 3 is 2.62 bits per heavy atom. The molecule has 1 aromatic rings. The molecule has 0 unspecified atom stereocenters. The molecule has 0 aromatic heterocycles. The van der Waals surface area contributed by atoms with E-state index in [4.69, 9.17) is 4.74 Å². The molecule has 0 atom stereocenters. The fraction of sp³-hybridized carbons (Fsp3) is 0.250. The first kappa shape index (κ1) is 12.1. The molecule has 0 spiro atoms. The van der Waals surface area contributed by atoms with Crippen LogP contribution >= 0.6 is 0 Å². The number of esters is 1. The molecule has 86 valence electrons. The van der Waals surface area contributed by atoms with Crippen molar-refractivity contribution in [3.8, 4) is 11.5 Å². The largest absolute Gasteiger partial charge is 0.504 e. The quantitative estimate of drug-likeness (QED) is 0.626. The van der Waals surface area contributed by atoms with Gasteiger partial charge in [0.15, 0.2) is 11.5 Å². The van der Waals surface area contributed by atoms with Crippen LogP contribution in [0.5, 0.6) is 11.5 Å². The van der Waals surface area contributed by atoms with Crippen molar-refractivity contribution in [2.24, 2.45) is 0 Å². The number of benzene rings is 1. The van der Waals surface area contributed by atoms with Crippen LogP contribution < -0.4 is 4.74 Å². The zero-order valence-corrected chi connectivity index (χ0v) is 9.48. The summed E-state index contributed by atoms with van der Waals surface area (Å²) in [5.41, 5.74) is 1.39. The van der Waals surface area contributed by atoms with E-state index in [2.05, 4.69) is 4.74 Å². The molecule has 4 nitrogen and oxygen atoms in total. The molecule has 0 radical (unpaired) electrons. The van der Waals surface area contributed by atoms with Crippen LogP contribution in [0.1, 0.15) is 11.1 Å². The minimum atomic E-state index is -0.435. The number of phenolic OH excluding ortho intramolecular Hbond substituents is 1. The molecule has 0 heterocycles. The highest BCUT2D eigenvalue weighted by atomic mass is 16.5. The Morgan fingerprint density at radius 2 is 2.06 bits per heavy atom. The number of ether oxygens (including phenoxy) is 2. The lowest BCUT2D eigenvalue weighted by Gasteiger charge is -2.08. The fourth-order valence-corrected chi connectivity index (χ4v) is 1.26. The third-order valence-corrected chi connectivity index (χ3v) is 2.26. The summed E-state index contributed by atoms with van der Waals surface area (Å²) in [4.78, 5) is 10.9. The van der Waals surface area contributed by atoms with Gasteiger partial charge in [0.2, 0.25) is 0 Å². The van der Waals surface area contributed by atoms with Crippen LogP contribution in [0.25, 0.3) is 6.08 Å². The third-order valence-electron chi connectivity index (χ3n) is 2.26. The van der Waals surface area contributed by atoms with E-state index in [1.165, 1.54) is 20.3 Å². The first-order chi connectivity index (χ1) is 7.60. The van der Waals surface area contributed by atoms with E-state index in [-0.39, 0.29) is 5.75 Å². The molecule has 1 rings (SSSR count). The van der Waals surface area contributed by atoms with Gasteiger partial charge in [-0.3, -0.25) is 0 Å². The van der Waals surface area contributed by atoms with Crippen LogP contribution in [-0.4, -0.2) is 25.3 Å². The van der Waals surface area contributed by atoms with Crippen molar-refractivity contribution < 1.29 is 19.4 Å². The van der Waals surface area contributed by atoms with Gasteiger partial charge in [-0.2, -0.15) is 0 Å². The second kappa shape index (κ2) is 5.21. The van der Waals surface area contributed by atoms with Crippen molar-refractivity contribution >= 4 is 12.0 Å². The highest BCUT2D eigenvalue weighted by molar-refractivity contribution is 5.87. The zero-order valence-electron chi connectivity index (χ0n) is 9.48. The maximum absolute atomic E-state index is 10.9. The standard InChI is InChI=1S/C12H14O4/c1-8-9(5-7-11(13)16-3)4-6-10(15-2)12(8)14/h4-7,14H,1-3H3. The third kappa shape index (κ3) is 2.53. The molecule has 0 fully saturated rings. The average molecular weight is 222 g/mol. The Balaban J connectivity index is 3.03. The van der Waals surface area contributed by atoms with Crippen LogP contribution in [0.15, 0.2) is 18.2 Å². The van der Waals surface area contributed by atoms with Gasteiger partial charge < -0.3 is 14.6 Å². The Hall–Kier alpha value is -1.97. The summed E-state index contributed by atoms with van der Waals surface area (Å²) >= 11 is 0. The number of methoxy groups -OCH3 is 2. The van der Waals surface area contributed by atoms with Gasteiger partial charge in [0.25, 0.3) is 0 Å². The van der Waals surface area contributed by atoms with Gasteiger partial charge >= 0.3 is 5.97 Å². The highest BCUT2D eigenvalue weighted by Gasteiger charge is 2.07. The minimum Gasteiger partial charge on any atom is -0.504 e.